The average Bonchev–Trinajstić information content (AvgIpc) is 3.17. The number of halogens is 1. The quantitative estimate of drug-likeness (QED) is 0.397. The Labute approximate surface area is 164 Å². The molecule has 3 amide bonds. The summed E-state index contributed by atoms with van der Waals surface area (Å²) in [5.41, 5.74) is 7.11. The van der Waals surface area contributed by atoms with Crippen molar-refractivity contribution < 1.29 is 9.59 Å². The van der Waals surface area contributed by atoms with Crippen molar-refractivity contribution in [2.24, 2.45) is 5.73 Å². The van der Waals surface area contributed by atoms with Crippen LogP contribution in [0.4, 0.5) is 4.79 Å². The SMILES string of the molecule is Cl.NC(CNC(=O)CCCC[C@@H]1SC[C@@H]2NC(=O)N[C@@H]21)c1ccccc1. The minimum absolute atomic E-state index is 0. The molecule has 2 aliphatic heterocycles. The number of fused-ring (bicyclic) bond motifs is 1. The Kier molecular flexibility index (Phi) is 8.06. The average molecular weight is 399 g/mol. The standard InChI is InChI=1S/C18H26N4O2S.ClH/c19-13(12-6-2-1-3-7-12)10-20-16(23)9-5-4-8-15-17-14(11-25-15)21-18(24)22-17;/h1-3,6-7,13-15,17H,4-5,8-11,19H2,(H,20,23)(H2,21,22,24);1H/t13?,14-,15-,17-;/m0./s1. The number of hydrogen-bond acceptors (Lipinski definition) is 4. The zero-order chi connectivity index (χ0) is 17.6. The highest BCUT2D eigenvalue weighted by Gasteiger charge is 2.42. The number of rotatable bonds is 8. The summed E-state index contributed by atoms with van der Waals surface area (Å²) >= 11 is 1.91. The summed E-state index contributed by atoms with van der Waals surface area (Å²) in [6.07, 6.45) is 3.42. The van der Waals surface area contributed by atoms with Crippen molar-refractivity contribution in [3.05, 3.63) is 35.9 Å². The maximum Gasteiger partial charge on any atom is 0.315 e. The number of benzene rings is 1. The van der Waals surface area contributed by atoms with Crippen LogP contribution in [0.25, 0.3) is 0 Å². The second kappa shape index (κ2) is 10.0. The second-order valence-electron chi connectivity index (χ2n) is 6.69. The molecular formula is C18H27ClN4O2S. The second-order valence-corrected chi connectivity index (χ2v) is 7.96. The van der Waals surface area contributed by atoms with E-state index in [1.807, 2.05) is 42.1 Å². The molecule has 0 aliphatic carbocycles. The lowest BCUT2D eigenvalue weighted by Gasteiger charge is -2.16. The van der Waals surface area contributed by atoms with Gasteiger partial charge in [0.05, 0.1) is 12.1 Å². The topological polar surface area (TPSA) is 96.2 Å². The Morgan fingerprint density at radius 1 is 1.27 bits per heavy atom. The van der Waals surface area contributed by atoms with Gasteiger partial charge in [-0.25, -0.2) is 4.79 Å². The van der Waals surface area contributed by atoms with Crippen LogP contribution >= 0.6 is 24.2 Å². The van der Waals surface area contributed by atoms with Gasteiger partial charge < -0.3 is 21.7 Å². The van der Waals surface area contributed by atoms with Gasteiger partial charge in [0.2, 0.25) is 5.91 Å². The van der Waals surface area contributed by atoms with Crippen molar-refractivity contribution in [1.29, 1.82) is 0 Å². The number of carbonyl (C=O) groups is 2. The van der Waals surface area contributed by atoms with Gasteiger partial charge in [-0.05, 0) is 18.4 Å². The zero-order valence-electron chi connectivity index (χ0n) is 14.6. The summed E-state index contributed by atoms with van der Waals surface area (Å²) in [6.45, 7) is 0.461. The fourth-order valence-corrected chi connectivity index (χ4v) is 4.95. The first kappa shape index (κ1) is 20.9. The van der Waals surface area contributed by atoms with E-state index >= 15 is 0 Å². The van der Waals surface area contributed by atoms with Crippen molar-refractivity contribution in [2.75, 3.05) is 12.3 Å². The Morgan fingerprint density at radius 3 is 2.81 bits per heavy atom. The molecule has 8 heteroatoms. The first-order valence-electron chi connectivity index (χ1n) is 8.89. The van der Waals surface area contributed by atoms with Gasteiger partial charge in [0.15, 0.2) is 0 Å². The molecule has 6 nitrogen and oxygen atoms in total. The molecule has 26 heavy (non-hydrogen) atoms. The van der Waals surface area contributed by atoms with Crippen LogP contribution in [0.1, 0.15) is 37.3 Å². The lowest BCUT2D eigenvalue weighted by Crippen LogP contribution is -2.36. The predicted molar refractivity (Wildman–Crippen MR) is 108 cm³/mol. The Hall–Kier alpha value is -1.44. The van der Waals surface area contributed by atoms with Crippen LogP contribution in [0.5, 0.6) is 0 Å². The van der Waals surface area contributed by atoms with E-state index < -0.39 is 0 Å². The molecule has 2 fully saturated rings. The monoisotopic (exact) mass is 398 g/mol. The van der Waals surface area contributed by atoms with Crippen LogP contribution in [0.3, 0.4) is 0 Å². The van der Waals surface area contributed by atoms with Gasteiger partial charge in [0, 0.05) is 30.0 Å². The minimum atomic E-state index is -0.171. The zero-order valence-corrected chi connectivity index (χ0v) is 16.3. The number of nitrogens with one attached hydrogen (secondary N) is 3. The smallest absolute Gasteiger partial charge is 0.315 e. The highest BCUT2D eigenvalue weighted by Crippen LogP contribution is 2.33. The number of unbranched alkanes of at least 4 members (excludes halogenated alkanes) is 1. The molecule has 0 aromatic heterocycles. The summed E-state index contributed by atoms with van der Waals surface area (Å²) in [5.74, 6) is 1.03. The molecule has 3 rings (SSSR count). The van der Waals surface area contributed by atoms with Crippen molar-refractivity contribution in [1.82, 2.24) is 16.0 Å². The molecule has 1 unspecified atom stereocenters. The molecule has 0 spiro atoms. The highest BCUT2D eigenvalue weighted by atomic mass is 35.5. The molecule has 5 N–H and O–H groups in total. The fraction of sp³-hybridized carbons (Fsp3) is 0.556. The molecule has 2 heterocycles. The van der Waals surface area contributed by atoms with Gasteiger partial charge in [-0.15, -0.1) is 12.4 Å². The van der Waals surface area contributed by atoms with Gasteiger partial charge in [-0.2, -0.15) is 11.8 Å². The minimum Gasteiger partial charge on any atom is -0.354 e. The summed E-state index contributed by atoms with van der Waals surface area (Å²) in [7, 11) is 0. The maximum absolute atomic E-state index is 12.0. The summed E-state index contributed by atoms with van der Waals surface area (Å²) < 4.78 is 0. The van der Waals surface area contributed by atoms with Gasteiger partial charge in [-0.3, -0.25) is 4.79 Å². The normalized spacial score (nSPS) is 24.8. The van der Waals surface area contributed by atoms with Crippen LogP contribution in [0.2, 0.25) is 0 Å². The first-order valence-corrected chi connectivity index (χ1v) is 9.94. The summed E-state index contributed by atoms with van der Waals surface area (Å²) in [5, 5.41) is 9.32. The molecular weight excluding hydrogens is 372 g/mol. The molecule has 2 saturated heterocycles. The molecule has 1 aromatic rings. The third-order valence-electron chi connectivity index (χ3n) is 4.83. The largest absolute Gasteiger partial charge is 0.354 e. The Bertz CT molecular complexity index is 604. The fourth-order valence-electron chi connectivity index (χ4n) is 3.40. The van der Waals surface area contributed by atoms with E-state index in [1.54, 1.807) is 0 Å². The van der Waals surface area contributed by atoms with E-state index in [-0.39, 0.29) is 42.5 Å². The lowest BCUT2D eigenvalue weighted by molar-refractivity contribution is -0.121. The molecule has 1 aromatic carbocycles. The van der Waals surface area contributed by atoms with Gasteiger partial charge in [-0.1, -0.05) is 36.8 Å². The summed E-state index contributed by atoms with van der Waals surface area (Å²) in [4.78, 5) is 23.3. The Morgan fingerprint density at radius 2 is 2.04 bits per heavy atom. The van der Waals surface area contributed by atoms with Gasteiger partial charge >= 0.3 is 6.03 Å². The van der Waals surface area contributed by atoms with E-state index in [0.29, 0.717) is 18.2 Å². The van der Waals surface area contributed by atoms with E-state index in [2.05, 4.69) is 16.0 Å². The first-order chi connectivity index (χ1) is 12.1. The van der Waals surface area contributed by atoms with Crippen molar-refractivity contribution in [2.45, 2.75) is 49.1 Å². The predicted octanol–water partition coefficient (Wildman–Crippen LogP) is 1.95. The van der Waals surface area contributed by atoms with Crippen LogP contribution in [0, 0.1) is 0 Å². The Balaban J connectivity index is 0.00000243. The number of urea groups is 1. The highest BCUT2D eigenvalue weighted by molar-refractivity contribution is 8.00. The van der Waals surface area contributed by atoms with Crippen molar-refractivity contribution in [3.63, 3.8) is 0 Å². The van der Waals surface area contributed by atoms with Gasteiger partial charge in [0.25, 0.3) is 0 Å². The van der Waals surface area contributed by atoms with Crippen molar-refractivity contribution >= 4 is 36.1 Å². The third-order valence-corrected chi connectivity index (χ3v) is 6.34. The van der Waals surface area contributed by atoms with Crippen LogP contribution in [0.15, 0.2) is 30.3 Å². The lowest BCUT2D eigenvalue weighted by atomic mass is 10.0. The molecule has 2 aliphatic rings. The number of nitrogens with two attached hydrogens (primary N) is 1. The van der Waals surface area contributed by atoms with E-state index in [1.165, 1.54) is 0 Å². The van der Waals surface area contributed by atoms with Crippen molar-refractivity contribution in [3.8, 4) is 0 Å². The number of hydrogen-bond donors (Lipinski definition) is 4. The molecule has 144 valence electrons. The third kappa shape index (κ3) is 5.53. The van der Waals surface area contributed by atoms with E-state index in [4.69, 9.17) is 5.73 Å². The van der Waals surface area contributed by atoms with Crippen LogP contribution < -0.4 is 21.7 Å². The van der Waals surface area contributed by atoms with Crippen LogP contribution in [-0.2, 0) is 4.79 Å². The maximum atomic E-state index is 12.0. The summed E-state index contributed by atoms with van der Waals surface area (Å²) in [6, 6.07) is 10.1. The molecule has 4 atom stereocenters. The molecule has 0 saturated carbocycles. The molecule has 0 radical (unpaired) electrons. The van der Waals surface area contributed by atoms with Crippen LogP contribution in [-0.4, -0.2) is 41.6 Å². The van der Waals surface area contributed by atoms with E-state index in [9.17, 15) is 9.59 Å². The molecule has 0 bridgehead atoms. The number of amides is 3. The number of thioether (sulfide) groups is 1. The number of carbonyl (C=O) groups excluding carboxylic acids is 2. The van der Waals surface area contributed by atoms with Gasteiger partial charge in [0.1, 0.15) is 0 Å². The van der Waals surface area contributed by atoms with E-state index in [0.717, 1.165) is 30.6 Å².